The highest BCUT2D eigenvalue weighted by Crippen LogP contribution is 2.26. The number of thiazole rings is 1. The summed E-state index contributed by atoms with van der Waals surface area (Å²) in [7, 11) is 0. The van der Waals surface area contributed by atoms with Gasteiger partial charge in [-0.25, -0.2) is 4.98 Å². The summed E-state index contributed by atoms with van der Waals surface area (Å²) in [5.74, 6) is 0.902. The topological polar surface area (TPSA) is 63.7 Å². The van der Waals surface area contributed by atoms with Crippen molar-refractivity contribution in [3.8, 4) is 5.75 Å². The predicted molar refractivity (Wildman–Crippen MR) is 105 cm³/mol. The standard InChI is InChI=1S/C20H25N3O3S/c1-13-9-23(10-14(2)26-13)11-17-12-27-20(21-17)22-19(24)8-15-3-4-18-16(7-15)5-6-25-18/h3-4,7,12-14H,5-6,8-11H2,1-2H3,(H,21,22,24). The van der Waals surface area contributed by atoms with Crippen LogP contribution in [0, 0.1) is 0 Å². The maximum absolute atomic E-state index is 12.4. The van der Waals surface area contributed by atoms with E-state index >= 15 is 0 Å². The minimum Gasteiger partial charge on any atom is -0.493 e. The first-order valence-corrected chi connectivity index (χ1v) is 10.3. The lowest BCUT2D eigenvalue weighted by molar-refractivity contribution is -0.115. The third-order valence-electron chi connectivity index (χ3n) is 4.80. The second-order valence-electron chi connectivity index (χ2n) is 7.36. The van der Waals surface area contributed by atoms with Gasteiger partial charge in [-0.3, -0.25) is 9.69 Å². The lowest BCUT2D eigenvalue weighted by Crippen LogP contribution is -2.44. The molecule has 2 aliphatic rings. The number of fused-ring (bicyclic) bond motifs is 1. The van der Waals surface area contributed by atoms with Gasteiger partial charge in [-0.05, 0) is 31.0 Å². The number of nitrogens with zero attached hydrogens (tertiary/aromatic N) is 2. The molecule has 0 radical (unpaired) electrons. The molecule has 2 aliphatic heterocycles. The van der Waals surface area contributed by atoms with Gasteiger partial charge in [0.25, 0.3) is 0 Å². The molecule has 1 aromatic heterocycles. The Hall–Kier alpha value is -1.96. The van der Waals surface area contributed by atoms with Crippen LogP contribution in [0.5, 0.6) is 5.75 Å². The van der Waals surface area contributed by atoms with Crippen molar-refractivity contribution in [2.24, 2.45) is 0 Å². The molecule has 0 saturated carbocycles. The minimum atomic E-state index is -0.0385. The van der Waals surface area contributed by atoms with Gasteiger partial charge in [0.15, 0.2) is 5.13 Å². The van der Waals surface area contributed by atoms with Crippen LogP contribution >= 0.6 is 11.3 Å². The van der Waals surface area contributed by atoms with Crippen molar-refractivity contribution in [2.75, 3.05) is 25.0 Å². The summed E-state index contributed by atoms with van der Waals surface area (Å²) in [6.07, 6.45) is 1.74. The number of benzene rings is 1. The Labute approximate surface area is 163 Å². The van der Waals surface area contributed by atoms with Crippen LogP contribution in [-0.4, -0.2) is 47.7 Å². The number of amides is 1. The molecule has 1 saturated heterocycles. The van der Waals surface area contributed by atoms with Crippen LogP contribution in [0.1, 0.15) is 30.7 Å². The van der Waals surface area contributed by atoms with E-state index in [4.69, 9.17) is 9.47 Å². The van der Waals surface area contributed by atoms with Crippen molar-refractivity contribution in [1.29, 1.82) is 0 Å². The monoisotopic (exact) mass is 387 g/mol. The normalized spacial score (nSPS) is 22.3. The zero-order valence-electron chi connectivity index (χ0n) is 15.7. The fourth-order valence-electron chi connectivity index (χ4n) is 3.78. The fraction of sp³-hybridized carbons (Fsp3) is 0.500. The van der Waals surface area contributed by atoms with E-state index in [1.165, 1.54) is 16.9 Å². The highest BCUT2D eigenvalue weighted by atomic mass is 32.1. The highest BCUT2D eigenvalue weighted by Gasteiger charge is 2.23. The summed E-state index contributed by atoms with van der Waals surface area (Å²) < 4.78 is 11.3. The van der Waals surface area contributed by atoms with Crippen LogP contribution < -0.4 is 10.1 Å². The van der Waals surface area contributed by atoms with Gasteiger partial charge in [0.05, 0.1) is 30.9 Å². The van der Waals surface area contributed by atoms with E-state index in [-0.39, 0.29) is 18.1 Å². The zero-order chi connectivity index (χ0) is 18.8. The van der Waals surface area contributed by atoms with Gasteiger partial charge < -0.3 is 14.8 Å². The number of aromatic nitrogens is 1. The van der Waals surface area contributed by atoms with E-state index in [1.807, 2.05) is 17.5 Å². The first-order chi connectivity index (χ1) is 13.0. The minimum absolute atomic E-state index is 0.0385. The van der Waals surface area contributed by atoms with Crippen LogP contribution in [0.3, 0.4) is 0 Å². The van der Waals surface area contributed by atoms with Crippen molar-refractivity contribution >= 4 is 22.4 Å². The summed E-state index contributed by atoms with van der Waals surface area (Å²) in [5, 5.41) is 5.61. The SMILES string of the molecule is CC1CN(Cc2csc(NC(=O)Cc3ccc4c(c3)CCO4)n2)CC(C)O1. The molecule has 7 heteroatoms. The molecule has 3 heterocycles. The number of anilines is 1. The van der Waals surface area contributed by atoms with Crippen LogP contribution in [0.25, 0.3) is 0 Å². The van der Waals surface area contributed by atoms with Gasteiger partial charge in [-0.2, -0.15) is 0 Å². The van der Waals surface area contributed by atoms with Crippen molar-refractivity contribution in [3.63, 3.8) is 0 Å². The van der Waals surface area contributed by atoms with Gasteiger partial charge in [0, 0.05) is 31.4 Å². The Balaban J connectivity index is 1.31. The van der Waals surface area contributed by atoms with Gasteiger partial charge in [0.1, 0.15) is 5.75 Å². The molecule has 0 spiro atoms. The molecular weight excluding hydrogens is 362 g/mol. The largest absolute Gasteiger partial charge is 0.493 e. The molecule has 0 bridgehead atoms. The average molecular weight is 388 g/mol. The molecular formula is C20H25N3O3S. The van der Waals surface area contributed by atoms with E-state index in [1.54, 1.807) is 0 Å². The number of hydrogen-bond donors (Lipinski definition) is 1. The molecule has 2 aromatic rings. The molecule has 6 nitrogen and oxygen atoms in total. The molecule has 0 aliphatic carbocycles. The van der Waals surface area contributed by atoms with Crippen LogP contribution in [0.2, 0.25) is 0 Å². The first-order valence-electron chi connectivity index (χ1n) is 9.42. The number of carbonyl (C=O) groups excluding carboxylic acids is 1. The number of carbonyl (C=O) groups is 1. The summed E-state index contributed by atoms with van der Waals surface area (Å²) in [5.41, 5.74) is 3.18. The molecule has 1 aromatic carbocycles. The fourth-order valence-corrected chi connectivity index (χ4v) is 4.50. The molecule has 2 unspecified atom stereocenters. The third kappa shape index (κ3) is 4.66. The van der Waals surface area contributed by atoms with Crippen LogP contribution in [0.15, 0.2) is 23.6 Å². The Morgan fingerprint density at radius 2 is 2.15 bits per heavy atom. The van der Waals surface area contributed by atoms with E-state index in [9.17, 15) is 4.79 Å². The number of ether oxygens (including phenoxy) is 2. The van der Waals surface area contributed by atoms with E-state index in [2.05, 4.69) is 35.1 Å². The number of nitrogens with one attached hydrogen (secondary N) is 1. The van der Waals surface area contributed by atoms with E-state index < -0.39 is 0 Å². The van der Waals surface area contributed by atoms with Gasteiger partial charge >= 0.3 is 0 Å². The van der Waals surface area contributed by atoms with E-state index in [0.717, 1.165) is 49.7 Å². The summed E-state index contributed by atoms with van der Waals surface area (Å²) >= 11 is 1.48. The average Bonchev–Trinajstić information content (AvgIpc) is 3.22. The van der Waals surface area contributed by atoms with Crippen LogP contribution in [-0.2, 0) is 28.9 Å². The van der Waals surface area contributed by atoms with Crippen molar-refractivity contribution in [3.05, 3.63) is 40.4 Å². The molecule has 144 valence electrons. The van der Waals surface area contributed by atoms with E-state index in [0.29, 0.717) is 11.6 Å². The van der Waals surface area contributed by atoms with Crippen molar-refractivity contribution < 1.29 is 14.3 Å². The molecule has 1 N–H and O–H groups in total. The Kier molecular flexibility index (Phi) is 5.43. The first kappa shape index (κ1) is 18.4. The Bertz CT molecular complexity index is 813. The number of morpholine rings is 1. The number of hydrogen-bond acceptors (Lipinski definition) is 6. The van der Waals surface area contributed by atoms with Gasteiger partial charge in [0.2, 0.25) is 5.91 Å². The molecule has 2 atom stereocenters. The van der Waals surface area contributed by atoms with Gasteiger partial charge in [-0.15, -0.1) is 11.3 Å². The van der Waals surface area contributed by atoms with Crippen LogP contribution in [0.4, 0.5) is 5.13 Å². The summed E-state index contributed by atoms with van der Waals surface area (Å²) in [6, 6.07) is 5.98. The van der Waals surface area contributed by atoms with Crippen molar-refractivity contribution in [1.82, 2.24) is 9.88 Å². The lowest BCUT2D eigenvalue weighted by atomic mass is 10.1. The summed E-state index contributed by atoms with van der Waals surface area (Å²) in [4.78, 5) is 19.3. The smallest absolute Gasteiger partial charge is 0.230 e. The molecule has 1 fully saturated rings. The van der Waals surface area contributed by atoms with Gasteiger partial charge in [-0.1, -0.05) is 12.1 Å². The number of rotatable bonds is 5. The second-order valence-corrected chi connectivity index (χ2v) is 8.22. The maximum atomic E-state index is 12.4. The lowest BCUT2D eigenvalue weighted by Gasteiger charge is -2.34. The summed E-state index contributed by atoms with van der Waals surface area (Å²) in [6.45, 7) is 7.53. The second kappa shape index (κ2) is 7.96. The molecule has 27 heavy (non-hydrogen) atoms. The predicted octanol–water partition coefficient (Wildman–Crippen LogP) is 2.87. The zero-order valence-corrected chi connectivity index (χ0v) is 16.6. The highest BCUT2D eigenvalue weighted by molar-refractivity contribution is 7.13. The third-order valence-corrected chi connectivity index (χ3v) is 5.60. The molecule has 4 rings (SSSR count). The van der Waals surface area contributed by atoms with Crippen molar-refractivity contribution in [2.45, 2.75) is 45.4 Å². The Morgan fingerprint density at radius 1 is 1.33 bits per heavy atom. The Morgan fingerprint density at radius 3 is 2.96 bits per heavy atom. The molecule has 1 amide bonds. The maximum Gasteiger partial charge on any atom is 0.230 e. The quantitative estimate of drug-likeness (QED) is 0.855.